The molecule has 17 heavy (non-hydrogen) atoms. The highest BCUT2D eigenvalue weighted by atomic mass is 127. The van der Waals surface area contributed by atoms with E-state index in [-0.39, 0.29) is 0 Å². The predicted molar refractivity (Wildman–Crippen MR) is 70.5 cm³/mol. The van der Waals surface area contributed by atoms with Crippen LogP contribution in [0.5, 0.6) is 0 Å². The number of halogens is 1. The first-order chi connectivity index (χ1) is 7.78. The average molecular weight is 370 g/mol. The lowest BCUT2D eigenvalue weighted by Crippen LogP contribution is -2.23. The highest BCUT2D eigenvalue weighted by Gasteiger charge is 2.17. The second-order valence-corrected chi connectivity index (χ2v) is 6.22. The van der Waals surface area contributed by atoms with Crippen molar-refractivity contribution in [1.29, 1.82) is 0 Å². The highest BCUT2D eigenvalue weighted by Crippen LogP contribution is 2.10. The summed E-state index contributed by atoms with van der Waals surface area (Å²) < 4.78 is 35.5. The molecule has 0 aromatic heterocycles. The molecular formula is C10H11IO5S. The van der Waals surface area contributed by atoms with Gasteiger partial charge in [0.2, 0.25) is 0 Å². The topological polar surface area (TPSA) is 80.7 Å². The normalized spacial score (nSPS) is 13.1. The highest BCUT2D eigenvalue weighted by molar-refractivity contribution is 14.1. The van der Waals surface area contributed by atoms with Gasteiger partial charge in [0.25, 0.3) is 10.1 Å². The van der Waals surface area contributed by atoms with Crippen molar-refractivity contribution in [2.45, 2.75) is 13.0 Å². The lowest BCUT2D eigenvalue weighted by atomic mass is 10.2. The van der Waals surface area contributed by atoms with E-state index in [9.17, 15) is 13.2 Å². The summed E-state index contributed by atoms with van der Waals surface area (Å²) in [4.78, 5) is 11.6. The molecule has 0 aliphatic rings. The molecule has 1 atom stereocenters. The molecule has 94 valence electrons. The van der Waals surface area contributed by atoms with Crippen LogP contribution in [0, 0.1) is 3.57 Å². The first-order valence-corrected chi connectivity index (χ1v) is 7.38. The van der Waals surface area contributed by atoms with E-state index in [0.29, 0.717) is 5.56 Å². The van der Waals surface area contributed by atoms with E-state index >= 15 is 0 Å². The van der Waals surface area contributed by atoms with Gasteiger partial charge in [0, 0.05) is 3.57 Å². The maximum absolute atomic E-state index is 11.6. The van der Waals surface area contributed by atoms with E-state index in [1.165, 1.54) is 6.92 Å². The molecule has 0 bridgehead atoms. The van der Waals surface area contributed by atoms with Crippen molar-refractivity contribution in [1.82, 2.24) is 0 Å². The van der Waals surface area contributed by atoms with Crippen molar-refractivity contribution in [2.75, 3.05) is 5.75 Å². The molecule has 1 N–H and O–H groups in total. The Bertz CT molecular complexity index is 511. The number of rotatable bonds is 4. The summed E-state index contributed by atoms with van der Waals surface area (Å²) in [6, 6.07) is 6.72. The Balaban J connectivity index is 2.67. The van der Waals surface area contributed by atoms with E-state index in [1.807, 2.05) is 6.07 Å². The minimum Gasteiger partial charge on any atom is -0.458 e. The quantitative estimate of drug-likeness (QED) is 0.496. The summed E-state index contributed by atoms with van der Waals surface area (Å²) >= 11 is 2.05. The third-order valence-corrected chi connectivity index (χ3v) is 3.38. The van der Waals surface area contributed by atoms with Crippen LogP contribution < -0.4 is 0 Å². The van der Waals surface area contributed by atoms with E-state index < -0.39 is 27.9 Å². The van der Waals surface area contributed by atoms with Gasteiger partial charge in [-0.3, -0.25) is 4.55 Å². The van der Waals surface area contributed by atoms with Gasteiger partial charge in [-0.15, -0.1) is 0 Å². The van der Waals surface area contributed by atoms with E-state index in [0.717, 1.165) is 3.57 Å². The van der Waals surface area contributed by atoms with Gasteiger partial charge in [0.1, 0.15) is 11.9 Å². The van der Waals surface area contributed by atoms with E-state index in [2.05, 4.69) is 22.6 Å². The number of hydrogen-bond acceptors (Lipinski definition) is 4. The van der Waals surface area contributed by atoms with Crippen LogP contribution in [0.25, 0.3) is 0 Å². The van der Waals surface area contributed by atoms with Crippen molar-refractivity contribution in [3.05, 3.63) is 33.4 Å². The molecule has 0 aliphatic heterocycles. The van der Waals surface area contributed by atoms with Gasteiger partial charge in [-0.25, -0.2) is 4.79 Å². The molecule has 0 saturated carbocycles. The molecule has 0 radical (unpaired) electrons. The van der Waals surface area contributed by atoms with Gasteiger partial charge >= 0.3 is 5.97 Å². The third-order valence-electron chi connectivity index (χ3n) is 1.81. The predicted octanol–water partition coefficient (Wildman–Crippen LogP) is 1.72. The largest absolute Gasteiger partial charge is 0.458 e. The minimum absolute atomic E-state index is 0.346. The summed E-state index contributed by atoms with van der Waals surface area (Å²) in [5.74, 6) is -1.22. The molecule has 0 aliphatic carbocycles. The van der Waals surface area contributed by atoms with Crippen LogP contribution in [0.2, 0.25) is 0 Å². The molecule has 5 nitrogen and oxygen atoms in total. The Labute approximate surface area is 113 Å². The van der Waals surface area contributed by atoms with Crippen LogP contribution in [-0.2, 0) is 14.9 Å². The molecule has 0 saturated heterocycles. The summed E-state index contributed by atoms with van der Waals surface area (Å²) in [5.41, 5.74) is 0.346. The van der Waals surface area contributed by atoms with E-state index in [4.69, 9.17) is 9.29 Å². The standard InChI is InChI=1S/C10H11IO5S/c1-7(6-17(13,14)15)16-10(12)8-3-2-4-9(11)5-8/h2-5,7H,6H2,1H3,(H,13,14,15). The molecule has 0 spiro atoms. The van der Waals surface area contributed by atoms with Crippen LogP contribution in [0.15, 0.2) is 24.3 Å². The molecule has 0 heterocycles. The zero-order valence-electron chi connectivity index (χ0n) is 8.96. The Morgan fingerprint density at radius 2 is 2.18 bits per heavy atom. The van der Waals surface area contributed by atoms with Crippen LogP contribution >= 0.6 is 22.6 Å². The number of carbonyl (C=O) groups is 1. The molecule has 7 heteroatoms. The van der Waals surface area contributed by atoms with Crippen molar-refractivity contribution >= 4 is 38.7 Å². The van der Waals surface area contributed by atoms with Gasteiger partial charge in [-0.05, 0) is 47.7 Å². The molecule has 0 amide bonds. The van der Waals surface area contributed by atoms with Gasteiger partial charge in [0.05, 0.1) is 5.56 Å². The second kappa shape index (κ2) is 5.78. The lowest BCUT2D eigenvalue weighted by molar-refractivity contribution is 0.0381. The Hall–Kier alpha value is -0.670. The van der Waals surface area contributed by atoms with Crippen LogP contribution in [0.3, 0.4) is 0 Å². The Morgan fingerprint density at radius 1 is 1.53 bits per heavy atom. The zero-order valence-corrected chi connectivity index (χ0v) is 11.9. The zero-order chi connectivity index (χ0) is 13.1. The summed E-state index contributed by atoms with van der Waals surface area (Å²) in [6.45, 7) is 1.40. The molecule has 1 rings (SSSR count). The van der Waals surface area contributed by atoms with Gasteiger partial charge < -0.3 is 4.74 Å². The number of esters is 1. The summed E-state index contributed by atoms with van der Waals surface area (Å²) in [6.07, 6.45) is -0.893. The first kappa shape index (κ1) is 14.4. The molecule has 1 unspecified atom stereocenters. The van der Waals surface area contributed by atoms with Gasteiger partial charge in [0.15, 0.2) is 0 Å². The Morgan fingerprint density at radius 3 is 2.71 bits per heavy atom. The van der Waals surface area contributed by atoms with Crippen LogP contribution in [0.1, 0.15) is 17.3 Å². The number of carbonyl (C=O) groups excluding carboxylic acids is 1. The average Bonchev–Trinajstić information content (AvgIpc) is 2.14. The van der Waals surface area contributed by atoms with Crippen molar-refractivity contribution < 1.29 is 22.5 Å². The number of hydrogen-bond donors (Lipinski definition) is 1. The minimum atomic E-state index is -4.14. The van der Waals surface area contributed by atoms with Crippen molar-refractivity contribution in [2.24, 2.45) is 0 Å². The smallest absolute Gasteiger partial charge is 0.338 e. The SMILES string of the molecule is CC(CS(=O)(=O)O)OC(=O)c1cccc(I)c1. The molecule has 1 aromatic carbocycles. The third kappa shape index (κ3) is 5.46. The molecular weight excluding hydrogens is 359 g/mol. The number of benzene rings is 1. The van der Waals surface area contributed by atoms with Gasteiger partial charge in [-0.1, -0.05) is 6.07 Å². The lowest BCUT2D eigenvalue weighted by Gasteiger charge is -2.11. The first-order valence-electron chi connectivity index (χ1n) is 4.69. The fourth-order valence-corrected chi connectivity index (χ4v) is 2.40. The molecule has 0 fully saturated rings. The maximum atomic E-state index is 11.6. The fraction of sp³-hybridized carbons (Fsp3) is 0.300. The van der Waals surface area contributed by atoms with Crippen molar-refractivity contribution in [3.8, 4) is 0 Å². The van der Waals surface area contributed by atoms with Crippen LogP contribution in [-0.4, -0.2) is 30.8 Å². The second-order valence-electron chi connectivity index (χ2n) is 3.47. The monoisotopic (exact) mass is 370 g/mol. The Kier molecular flexibility index (Phi) is 4.90. The maximum Gasteiger partial charge on any atom is 0.338 e. The summed E-state index contributed by atoms with van der Waals surface area (Å²) in [7, 11) is -4.14. The molecule has 1 aromatic rings. The summed E-state index contributed by atoms with van der Waals surface area (Å²) in [5, 5.41) is 0. The van der Waals surface area contributed by atoms with Crippen molar-refractivity contribution in [3.63, 3.8) is 0 Å². The van der Waals surface area contributed by atoms with Gasteiger partial charge in [-0.2, -0.15) is 8.42 Å². The fourth-order valence-electron chi connectivity index (χ4n) is 1.20. The van der Waals surface area contributed by atoms with E-state index in [1.54, 1.807) is 18.2 Å². The number of ether oxygens (including phenoxy) is 1. The van der Waals surface area contributed by atoms with Crippen LogP contribution in [0.4, 0.5) is 0 Å².